The third-order valence-corrected chi connectivity index (χ3v) is 3.33. The summed E-state index contributed by atoms with van der Waals surface area (Å²) in [6.45, 7) is 0.751. The molecule has 0 aromatic heterocycles. The van der Waals surface area contributed by atoms with E-state index in [1.165, 1.54) is 10.5 Å². The predicted molar refractivity (Wildman–Crippen MR) is 70.9 cm³/mol. The second-order valence-electron chi connectivity index (χ2n) is 4.31. The maximum absolute atomic E-state index is 12.1. The molecular formula is C13H15ClN2O2. The molecule has 0 spiro atoms. The van der Waals surface area contributed by atoms with Crippen molar-refractivity contribution in [3.8, 4) is 0 Å². The van der Waals surface area contributed by atoms with Gasteiger partial charge in [-0.3, -0.25) is 9.59 Å². The van der Waals surface area contributed by atoms with Crippen LogP contribution in [0.4, 0.5) is 5.69 Å². The van der Waals surface area contributed by atoms with Crippen LogP contribution in [0.5, 0.6) is 0 Å². The number of hydrogen-bond donors (Lipinski definition) is 0. The molecule has 1 aromatic carbocycles. The van der Waals surface area contributed by atoms with Crippen LogP contribution in [0.15, 0.2) is 24.3 Å². The molecule has 96 valence electrons. The molecule has 1 heterocycles. The highest BCUT2D eigenvalue weighted by molar-refractivity contribution is 6.27. The van der Waals surface area contributed by atoms with Crippen LogP contribution in [0.25, 0.3) is 0 Å². The highest BCUT2D eigenvalue weighted by atomic mass is 35.5. The molecule has 18 heavy (non-hydrogen) atoms. The minimum Gasteiger partial charge on any atom is -0.335 e. The molecule has 0 aliphatic carbocycles. The molecule has 2 amide bonds. The molecule has 0 fully saturated rings. The Labute approximate surface area is 111 Å². The Balaban J connectivity index is 2.06. The van der Waals surface area contributed by atoms with E-state index in [9.17, 15) is 9.59 Å². The number of alkyl halides is 1. The van der Waals surface area contributed by atoms with Gasteiger partial charge in [-0.1, -0.05) is 18.2 Å². The third-order valence-electron chi connectivity index (χ3n) is 3.10. The number of fused-ring (bicyclic) bond motifs is 1. The number of benzene rings is 1. The topological polar surface area (TPSA) is 40.6 Å². The van der Waals surface area contributed by atoms with Gasteiger partial charge in [-0.15, -0.1) is 11.6 Å². The van der Waals surface area contributed by atoms with Crippen LogP contribution in [-0.4, -0.2) is 42.7 Å². The van der Waals surface area contributed by atoms with Crippen LogP contribution < -0.4 is 4.90 Å². The normalized spacial score (nSPS) is 13.3. The van der Waals surface area contributed by atoms with Crippen LogP contribution in [0.1, 0.15) is 5.56 Å². The van der Waals surface area contributed by atoms with Crippen molar-refractivity contribution >= 4 is 29.1 Å². The van der Waals surface area contributed by atoms with Gasteiger partial charge in [0.1, 0.15) is 5.88 Å². The number of anilines is 1. The minimum atomic E-state index is -0.238. The van der Waals surface area contributed by atoms with Crippen molar-refractivity contribution in [2.75, 3.05) is 30.9 Å². The van der Waals surface area contributed by atoms with Crippen molar-refractivity contribution < 1.29 is 9.59 Å². The molecule has 0 saturated heterocycles. The Kier molecular flexibility index (Phi) is 3.87. The number of para-hydroxylation sites is 1. The fourth-order valence-corrected chi connectivity index (χ4v) is 2.28. The number of halogens is 1. The summed E-state index contributed by atoms with van der Waals surface area (Å²) in [5, 5.41) is 0. The van der Waals surface area contributed by atoms with E-state index in [1.54, 1.807) is 11.9 Å². The first-order chi connectivity index (χ1) is 8.63. The lowest BCUT2D eigenvalue weighted by atomic mass is 10.2. The van der Waals surface area contributed by atoms with Crippen LogP contribution in [-0.2, 0) is 16.0 Å². The molecule has 0 unspecified atom stereocenters. The summed E-state index contributed by atoms with van der Waals surface area (Å²) >= 11 is 5.45. The predicted octanol–water partition coefficient (Wildman–Crippen LogP) is 1.27. The highest BCUT2D eigenvalue weighted by Gasteiger charge is 2.25. The van der Waals surface area contributed by atoms with Gasteiger partial charge in [-0.2, -0.15) is 0 Å². The Bertz CT molecular complexity index is 476. The summed E-state index contributed by atoms with van der Waals surface area (Å²) in [6.07, 6.45) is 0.870. The van der Waals surface area contributed by atoms with Gasteiger partial charge in [0.15, 0.2) is 0 Å². The zero-order chi connectivity index (χ0) is 13.1. The van der Waals surface area contributed by atoms with Crippen molar-refractivity contribution in [3.63, 3.8) is 0 Å². The van der Waals surface area contributed by atoms with Gasteiger partial charge in [-0.25, -0.2) is 0 Å². The van der Waals surface area contributed by atoms with Crippen molar-refractivity contribution in [1.82, 2.24) is 4.90 Å². The van der Waals surface area contributed by atoms with E-state index in [0.29, 0.717) is 6.54 Å². The monoisotopic (exact) mass is 266 g/mol. The Morgan fingerprint density at radius 1 is 1.39 bits per heavy atom. The lowest BCUT2D eigenvalue weighted by Gasteiger charge is -2.21. The SMILES string of the molecule is CN(CC(=O)N1CCc2ccccc21)C(=O)CCl. The van der Waals surface area contributed by atoms with Gasteiger partial charge < -0.3 is 9.80 Å². The lowest BCUT2D eigenvalue weighted by Crippen LogP contribution is -2.40. The molecule has 5 heteroatoms. The minimum absolute atomic E-state index is 0.0686. The third kappa shape index (κ3) is 2.48. The van der Waals surface area contributed by atoms with Gasteiger partial charge in [0.25, 0.3) is 0 Å². The summed E-state index contributed by atoms with van der Waals surface area (Å²) in [7, 11) is 1.59. The molecule has 0 radical (unpaired) electrons. The average Bonchev–Trinajstić information content (AvgIpc) is 2.81. The van der Waals surface area contributed by atoms with Gasteiger partial charge in [-0.05, 0) is 18.1 Å². The Hall–Kier alpha value is -1.55. The molecule has 0 atom stereocenters. The average molecular weight is 267 g/mol. The fraction of sp³-hybridized carbons (Fsp3) is 0.385. The number of rotatable bonds is 3. The number of likely N-dealkylation sites (N-methyl/N-ethyl adjacent to an activating group) is 1. The van der Waals surface area contributed by atoms with Crippen LogP contribution >= 0.6 is 11.6 Å². The largest absolute Gasteiger partial charge is 0.335 e. The molecule has 1 aliphatic heterocycles. The molecule has 0 saturated carbocycles. The highest BCUT2D eigenvalue weighted by Crippen LogP contribution is 2.27. The van der Waals surface area contributed by atoms with E-state index in [1.807, 2.05) is 24.3 Å². The van der Waals surface area contributed by atoms with E-state index in [0.717, 1.165) is 12.1 Å². The Morgan fingerprint density at radius 2 is 2.11 bits per heavy atom. The van der Waals surface area contributed by atoms with Crippen molar-refractivity contribution in [1.29, 1.82) is 0 Å². The summed E-state index contributed by atoms with van der Waals surface area (Å²) in [5.41, 5.74) is 2.13. The van der Waals surface area contributed by atoms with E-state index in [-0.39, 0.29) is 24.2 Å². The second-order valence-corrected chi connectivity index (χ2v) is 4.57. The maximum atomic E-state index is 12.1. The van der Waals surface area contributed by atoms with E-state index in [4.69, 9.17) is 11.6 Å². The molecular weight excluding hydrogens is 252 g/mol. The number of amides is 2. The lowest BCUT2D eigenvalue weighted by molar-refractivity contribution is -0.131. The van der Waals surface area contributed by atoms with Crippen LogP contribution in [0.3, 0.4) is 0 Å². The number of carbonyl (C=O) groups is 2. The van der Waals surface area contributed by atoms with E-state index in [2.05, 4.69) is 0 Å². The first kappa shape index (κ1) is 12.9. The number of hydrogen-bond acceptors (Lipinski definition) is 2. The molecule has 0 bridgehead atoms. The molecule has 2 rings (SSSR count). The molecule has 0 N–H and O–H groups in total. The fourth-order valence-electron chi connectivity index (χ4n) is 2.08. The number of carbonyl (C=O) groups excluding carboxylic acids is 2. The first-order valence-electron chi connectivity index (χ1n) is 5.81. The summed E-state index contributed by atoms with van der Waals surface area (Å²) in [5.74, 6) is -0.404. The van der Waals surface area contributed by atoms with Crippen molar-refractivity contribution in [3.05, 3.63) is 29.8 Å². The maximum Gasteiger partial charge on any atom is 0.246 e. The van der Waals surface area contributed by atoms with Gasteiger partial charge >= 0.3 is 0 Å². The van der Waals surface area contributed by atoms with E-state index >= 15 is 0 Å². The van der Waals surface area contributed by atoms with Crippen LogP contribution in [0, 0.1) is 0 Å². The van der Waals surface area contributed by atoms with Gasteiger partial charge in [0, 0.05) is 19.3 Å². The standard InChI is InChI=1S/C13H15ClN2O2/c1-15(12(17)8-14)9-13(18)16-7-6-10-4-2-3-5-11(10)16/h2-5H,6-9H2,1H3. The Morgan fingerprint density at radius 3 is 2.83 bits per heavy atom. The van der Waals surface area contributed by atoms with Crippen molar-refractivity contribution in [2.45, 2.75) is 6.42 Å². The van der Waals surface area contributed by atoms with Crippen LogP contribution in [0.2, 0.25) is 0 Å². The summed E-state index contributed by atoms with van der Waals surface area (Å²) < 4.78 is 0. The molecule has 1 aromatic rings. The smallest absolute Gasteiger partial charge is 0.246 e. The van der Waals surface area contributed by atoms with Gasteiger partial charge in [0.05, 0.1) is 6.54 Å². The molecule has 1 aliphatic rings. The zero-order valence-electron chi connectivity index (χ0n) is 10.2. The quantitative estimate of drug-likeness (QED) is 0.773. The number of nitrogens with zero attached hydrogens (tertiary/aromatic N) is 2. The first-order valence-corrected chi connectivity index (χ1v) is 6.35. The van der Waals surface area contributed by atoms with Crippen molar-refractivity contribution in [2.24, 2.45) is 0 Å². The summed E-state index contributed by atoms with van der Waals surface area (Å²) in [6, 6.07) is 7.84. The summed E-state index contributed by atoms with van der Waals surface area (Å²) in [4.78, 5) is 26.5. The molecule has 4 nitrogen and oxygen atoms in total. The van der Waals surface area contributed by atoms with Gasteiger partial charge in [0.2, 0.25) is 11.8 Å². The zero-order valence-corrected chi connectivity index (χ0v) is 11.0. The van der Waals surface area contributed by atoms with E-state index < -0.39 is 0 Å². The second kappa shape index (κ2) is 5.40.